The van der Waals surface area contributed by atoms with Crippen LogP contribution in [-0.4, -0.2) is 40.1 Å². The molecule has 1 heterocycles. The number of rotatable bonds is 6. The van der Waals surface area contributed by atoms with E-state index in [0.29, 0.717) is 30.4 Å². The topological polar surface area (TPSA) is 84.9 Å². The van der Waals surface area contributed by atoms with Gasteiger partial charge in [-0.25, -0.2) is 8.42 Å². The lowest BCUT2D eigenvalue weighted by atomic mass is 10.2. The second-order valence-electron chi connectivity index (χ2n) is 7.00. The molecule has 1 N–H and O–H groups in total. The van der Waals surface area contributed by atoms with E-state index in [0.717, 1.165) is 22.7 Å². The third-order valence-electron chi connectivity index (χ3n) is 4.62. The smallest absolute Gasteiger partial charge is 0.264 e. The molecule has 28 heavy (non-hydrogen) atoms. The molecule has 0 radical (unpaired) electrons. The van der Waals surface area contributed by atoms with Crippen LogP contribution in [-0.2, 0) is 14.8 Å². The molecule has 2 aliphatic rings. The number of sulfonamides is 1. The number of amides is 1. The van der Waals surface area contributed by atoms with Crippen molar-refractivity contribution >= 4 is 21.6 Å². The van der Waals surface area contributed by atoms with Gasteiger partial charge in [-0.05, 0) is 49.6 Å². The van der Waals surface area contributed by atoms with Crippen LogP contribution in [0.1, 0.15) is 18.4 Å². The van der Waals surface area contributed by atoms with Crippen LogP contribution in [0.5, 0.6) is 11.5 Å². The van der Waals surface area contributed by atoms with E-state index in [4.69, 9.17) is 9.47 Å². The molecule has 0 bridgehead atoms. The van der Waals surface area contributed by atoms with Gasteiger partial charge < -0.3 is 14.8 Å². The van der Waals surface area contributed by atoms with E-state index in [-0.39, 0.29) is 23.4 Å². The number of ether oxygens (including phenoxy) is 2. The summed E-state index contributed by atoms with van der Waals surface area (Å²) >= 11 is 0. The molecular formula is C20H22N2O5S. The summed E-state index contributed by atoms with van der Waals surface area (Å²) in [5, 5.41) is 2.85. The van der Waals surface area contributed by atoms with Gasteiger partial charge in [0, 0.05) is 12.1 Å². The van der Waals surface area contributed by atoms with Gasteiger partial charge in [-0.3, -0.25) is 9.10 Å². The number of hydrogen-bond donors (Lipinski definition) is 1. The second kappa shape index (κ2) is 7.35. The molecule has 2 aromatic carbocycles. The summed E-state index contributed by atoms with van der Waals surface area (Å²) in [7, 11) is -3.98. The minimum absolute atomic E-state index is 0.0532. The molecule has 1 fully saturated rings. The Labute approximate surface area is 164 Å². The fourth-order valence-corrected chi connectivity index (χ4v) is 4.47. The molecule has 1 aliphatic carbocycles. The van der Waals surface area contributed by atoms with Gasteiger partial charge in [0.15, 0.2) is 11.5 Å². The molecule has 8 heteroatoms. The number of carbonyl (C=O) groups excluding carboxylic acids is 1. The molecular weight excluding hydrogens is 380 g/mol. The third kappa shape index (κ3) is 3.91. The van der Waals surface area contributed by atoms with Crippen LogP contribution < -0.4 is 19.1 Å². The van der Waals surface area contributed by atoms with Gasteiger partial charge in [0.2, 0.25) is 5.91 Å². The second-order valence-corrected chi connectivity index (χ2v) is 8.86. The number of fused-ring (bicyclic) bond motifs is 1. The fourth-order valence-electron chi connectivity index (χ4n) is 3.04. The molecule has 0 aromatic heterocycles. The number of carbonyl (C=O) groups is 1. The molecule has 0 spiro atoms. The third-order valence-corrected chi connectivity index (χ3v) is 6.39. The maximum atomic E-state index is 13.4. The summed E-state index contributed by atoms with van der Waals surface area (Å²) in [6.07, 6.45) is 1.87. The number of nitrogens with one attached hydrogen (secondary N) is 1. The van der Waals surface area contributed by atoms with Crippen LogP contribution >= 0.6 is 0 Å². The Balaban J connectivity index is 1.70. The lowest BCUT2D eigenvalue weighted by Crippen LogP contribution is -2.41. The Kier molecular flexibility index (Phi) is 4.89. The number of benzene rings is 2. The SMILES string of the molecule is Cc1cccc(N(CC(=O)NC2CC2)S(=O)(=O)c2ccc3c(c2)OCCO3)c1. The predicted molar refractivity (Wildman–Crippen MR) is 104 cm³/mol. The highest BCUT2D eigenvalue weighted by molar-refractivity contribution is 7.92. The van der Waals surface area contributed by atoms with Gasteiger partial charge in [0.1, 0.15) is 19.8 Å². The van der Waals surface area contributed by atoms with E-state index in [1.807, 2.05) is 13.0 Å². The van der Waals surface area contributed by atoms with Crippen molar-refractivity contribution in [2.45, 2.75) is 30.7 Å². The number of aryl methyl sites for hydroxylation is 1. The van der Waals surface area contributed by atoms with E-state index < -0.39 is 10.0 Å². The van der Waals surface area contributed by atoms with Gasteiger partial charge in [0.25, 0.3) is 10.0 Å². The van der Waals surface area contributed by atoms with E-state index in [1.54, 1.807) is 24.3 Å². The van der Waals surface area contributed by atoms with Gasteiger partial charge in [-0.15, -0.1) is 0 Å². The summed E-state index contributed by atoms with van der Waals surface area (Å²) in [4.78, 5) is 12.5. The summed E-state index contributed by atoms with van der Waals surface area (Å²) < 4.78 is 39.0. The lowest BCUT2D eigenvalue weighted by molar-refractivity contribution is -0.119. The molecule has 0 unspecified atom stereocenters. The van der Waals surface area contributed by atoms with Crippen LogP contribution in [0.4, 0.5) is 5.69 Å². The van der Waals surface area contributed by atoms with Crippen molar-refractivity contribution in [3.8, 4) is 11.5 Å². The van der Waals surface area contributed by atoms with Crippen molar-refractivity contribution in [2.75, 3.05) is 24.1 Å². The first kappa shape index (κ1) is 18.6. The van der Waals surface area contributed by atoms with Crippen LogP contribution in [0.15, 0.2) is 47.4 Å². The minimum atomic E-state index is -3.98. The van der Waals surface area contributed by atoms with E-state index >= 15 is 0 Å². The standard InChI is InChI=1S/C20H22N2O5S/c1-14-3-2-4-16(11-14)22(13-20(23)21-15-5-6-15)28(24,25)17-7-8-18-19(12-17)27-10-9-26-18/h2-4,7-8,11-12,15H,5-6,9-10,13H2,1H3,(H,21,23). The summed E-state index contributed by atoms with van der Waals surface area (Å²) in [5.74, 6) is 0.586. The van der Waals surface area contributed by atoms with Crippen LogP contribution in [0.25, 0.3) is 0 Å². The quantitative estimate of drug-likeness (QED) is 0.801. The fraction of sp³-hybridized carbons (Fsp3) is 0.350. The van der Waals surface area contributed by atoms with Gasteiger partial charge in [-0.2, -0.15) is 0 Å². The molecule has 1 saturated carbocycles. The Hall–Kier alpha value is -2.74. The normalized spacial score (nSPS) is 15.8. The lowest BCUT2D eigenvalue weighted by Gasteiger charge is -2.25. The first-order valence-electron chi connectivity index (χ1n) is 9.22. The first-order chi connectivity index (χ1) is 13.4. The van der Waals surface area contributed by atoms with Gasteiger partial charge in [-0.1, -0.05) is 12.1 Å². The minimum Gasteiger partial charge on any atom is -0.486 e. The average molecular weight is 402 g/mol. The zero-order valence-corrected chi connectivity index (χ0v) is 16.4. The summed E-state index contributed by atoms with van der Waals surface area (Å²) in [6, 6.07) is 11.8. The molecule has 0 saturated heterocycles. The summed E-state index contributed by atoms with van der Waals surface area (Å²) in [6.45, 7) is 2.39. The van der Waals surface area contributed by atoms with Gasteiger partial charge >= 0.3 is 0 Å². The van der Waals surface area contributed by atoms with Crippen molar-refractivity contribution in [1.29, 1.82) is 0 Å². The van der Waals surface area contributed by atoms with Gasteiger partial charge in [0.05, 0.1) is 10.6 Å². The number of anilines is 1. The van der Waals surface area contributed by atoms with Crippen LogP contribution in [0, 0.1) is 6.92 Å². The maximum Gasteiger partial charge on any atom is 0.264 e. The van der Waals surface area contributed by atoms with E-state index in [9.17, 15) is 13.2 Å². The number of hydrogen-bond acceptors (Lipinski definition) is 5. The number of nitrogens with zero attached hydrogens (tertiary/aromatic N) is 1. The van der Waals surface area contributed by atoms with E-state index in [1.165, 1.54) is 12.1 Å². The molecule has 2 aromatic rings. The monoisotopic (exact) mass is 402 g/mol. The molecule has 148 valence electrons. The average Bonchev–Trinajstić information content (AvgIpc) is 3.49. The molecule has 4 rings (SSSR count). The highest BCUT2D eigenvalue weighted by atomic mass is 32.2. The largest absolute Gasteiger partial charge is 0.486 e. The Bertz CT molecular complexity index is 1000. The zero-order chi connectivity index (χ0) is 19.7. The van der Waals surface area contributed by atoms with E-state index in [2.05, 4.69) is 5.32 Å². The Morgan fingerprint density at radius 1 is 1.11 bits per heavy atom. The van der Waals surface area contributed by atoms with Crippen LogP contribution in [0.3, 0.4) is 0 Å². The predicted octanol–water partition coefficient (Wildman–Crippen LogP) is 2.24. The molecule has 7 nitrogen and oxygen atoms in total. The van der Waals surface area contributed by atoms with Crippen molar-refractivity contribution < 1.29 is 22.7 Å². The first-order valence-corrected chi connectivity index (χ1v) is 10.7. The highest BCUT2D eigenvalue weighted by Crippen LogP contribution is 2.34. The Morgan fingerprint density at radius 2 is 1.86 bits per heavy atom. The maximum absolute atomic E-state index is 13.4. The Morgan fingerprint density at radius 3 is 2.57 bits per heavy atom. The highest BCUT2D eigenvalue weighted by Gasteiger charge is 2.31. The zero-order valence-electron chi connectivity index (χ0n) is 15.6. The molecule has 1 aliphatic heterocycles. The van der Waals surface area contributed by atoms with Crippen LogP contribution in [0.2, 0.25) is 0 Å². The summed E-state index contributed by atoms with van der Waals surface area (Å²) in [5.41, 5.74) is 1.35. The molecule has 1 amide bonds. The van der Waals surface area contributed by atoms with Crippen molar-refractivity contribution in [2.24, 2.45) is 0 Å². The van der Waals surface area contributed by atoms with Crippen molar-refractivity contribution in [3.05, 3.63) is 48.0 Å². The van der Waals surface area contributed by atoms with Crippen molar-refractivity contribution in [3.63, 3.8) is 0 Å². The van der Waals surface area contributed by atoms with Crippen molar-refractivity contribution in [1.82, 2.24) is 5.32 Å². The molecule has 0 atom stereocenters.